The third kappa shape index (κ3) is 5.11. The predicted molar refractivity (Wildman–Crippen MR) is 101 cm³/mol. The molecule has 0 radical (unpaired) electrons. The average molecular weight is 394 g/mol. The zero-order valence-electron chi connectivity index (χ0n) is 15.5. The normalized spacial score (nSPS) is 12.1. The van der Waals surface area contributed by atoms with E-state index in [-0.39, 0.29) is 4.90 Å². The van der Waals surface area contributed by atoms with Gasteiger partial charge < -0.3 is 19.5 Å². The van der Waals surface area contributed by atoms with Crippen molar-refractivity contribution >= 4 is 21.6 Å². The first-order valence-corrected chi connectivity index (χ1v) is 9.48. The number of rotatable bonds is 8. The summed E-state index contributed by atoms with van der Waals surface area (Å²) in [7, 11) is 0.619. The Labute approximate surface area is 158 Å². The van der Waals surface area contributed by atoms with E-state index in [9.17, 15) is 13.2 Å². The quantitative estimate of drug-likeness (QED) is 0.710. The third-order valence-corrected chi connectivity index (χ3v) is 5.30. The van der Waals surface area contributed by atoms with Gasteiger partial charge in [0.05, 0.1) is 32.3 Å². The van der Waals surface area contributed by atoms with Crippen molar-refractivity contribution in [3.05, 3.63) is 42.5 Å². The fourth-order valence-electron chi connectivity index (χ4n) is 2.27. The van der Waals surface area contributed by atoms with E-state index >= 15 is 0 Å². The Kier molecular flexibility index (Phi) is 6.65. The number of benzene rings is 2. The van der Waals surface area contributed by atoms with Crippen LogP contribution in [0.4, 0.5) is 5.69 Å². The summed E-state index contributed by atoms with van der Waals surface area (Å²) in [5, 5.41) is 2.64. The molecular formula is C18H22N2O6S. The standard InChI is InChI=1S/C18H22N2O6S/c1-12(20-27(22,23)15-8-6-14(24-2)7-9-15)18(21)19-13-5-10-16(25-3)17(11-13)26-4/h5-12,20H,1-4H3,(H,19,21)/t12-/m0/s1. The molecule has 9 heteroatoms. The van der Waals surface area contributed by atoms with Gasteiger partial charge >= 0.3 is 0 Å². The summed E-state index contributed by atoms with van der Waals surface area (Å²) in [6.45, 7) is 1.46. The molecule has 0 bridgehead atoms. The van der Waals surface area contributed by atoms with Crippen molar-refractivity contribution in [2.45, 2.75) is 17.9 Å². The van der Waals surface area contributed by atoms with Gasteiger partial charge in [-0.05, 0) is 43.3 Å². The van der Waals surface area contributed by atoms with Crippen LogP contribution in [0.25, 0.3) is 0 Å². The summed E-state index contributed by atoms with van der Waals surface area (Å²) < 4.78 is 42.5. The second-order valence-electron chi connectivity index (χ2n) is 5.58. The number of hydrogen-bond acceptors (Lipinski definition) is 6. The van der Waals surface area contributed by atoms with Crippen LogP contribution in [0.1, 0.15) is 6.92 Å². The second-order valence-corrected chi connectivity index (χ2v) is 7.29. The van der Waals surface area contributed by atoms with E-state index in [2.05, 4.69) is 10.0 Å². The van der Waals surface area contributed by atoms with Crippen molar-refractivity contribution in [1.29, 1.82) is 0 Å². The Morgan fingerprint density at radius 2 is 1.56 bits per heavy atom. The molecule has 0 saturated carbocycles. The number of hydrogen-bond donors (Lipinski definition) is 2. The molecule has 1 atom stereocenters. The maximum Gasteiger partial charge on any atom is 0.242 e. The van der Waals surface area contributed by atoms with Gasteiger partial charge in [0.2, 0.25) is 15.9 Å². The third-order valence-electron chi connectivity index (χ3n) is 3.75. The molecule has 0 saturated heterocycles. The van der Waals surface area contributed by atoms with Crippen LogP contribution in [0.3, 0.4) is 0 Å². The molecule has 2 rings (SSSR count). The maximum atomic E-state index is 12.4. The number of amides is 1. The van der Waals surface area contributed by atoms with Gasteiger partial charge in [0.15, 0.2) is 11.5 Å². The van der Waals surface area contributed by atoms with E-state index in [1.807, 2.05) is 0 Å². The monoisotopic (exact) mass is 394 g/mol. The molecular weight excluding hydrogens is 372 g/mol. The van der Waals surface area contributed by atoms with Crippen molar-refractivity contribution in [2.24, 2.45) is 0 Å². The Balaban J connectivity index is 2.08. The van der Waals surface area contributed by atoms with E-state index in [0.717, 1.165) is 0 Å². The smallest absolute Gasteiger partial charge is 0.242 e. The first-order valence-electron chi connectivity index (χ1n) is 8.00. The molecule has 0 aliphatic carbocycles. The summed E-state index contributed by atoms with van der Waals surface area (Å²) in [5.41, 5.74) is 0.452. The van der Waals surface area contributed by atoms with Crippen LogP contribution in [0.5, 0.6) is 17.2 Å². The van der Waals surface area contributed by atoms with Crippen LogP contribution in [-0.2, 0) is 14.8 Å². The number of ether oxygens (including phenoxy) is 3. The van der Waals surface area contributed by atoms with E-state index < -0.39 is 22.0 Å². The van der Waals surface area contributed by atoms with Crippen LogP contribution in [-0.4, -0.2) is 41.7 Å². The molecule has 2 N–H and O–H groups in total. The number of carbonyl (C=O) groups is 1. The Hall–Kier alpha value is -2.78. The van der Waals surface area contributed by atoms with E-state index in [1.54, 1.807) is 18.2 Å². The maximum absolute atomic E-state index is 12.4. The first-order chi connectivity index (χ1) is 12.8. The molecule has 2 aromatic carbocycles. The van der Waals surface area contributed by atoms with Crippen LogP contribution in [0.15, 0.2) is 47.4 Å². The van der Waals surface area contributed by atoms with Gasteiger partial charge in [-0.2, -0.15) is 4.72 Å². The summed E-state index contributed by atoms with van der Waals surface area (Å²) in [4.78, 5) is 12.4. The molecule has 0 aromatic heterocycles. The lowest BCUT2D eigenvalue weighted by molar-refractivity contribution is -0.117. The second kappa shape index (κ2) is 8.74. The van der Waals surface area contributed by atoms with Crippen molar-refractivity contribution in [2.75, 3.05) is 26.6 Å². The summed E-state index contributed by atoms with van der Waals surface area (Å²) in [6, 6.07) is 9.73. The zero-order chi connectivity index (χ0) is 20.0. The largest absolute Gasteiger partial charge is 0.497 e. The highest BCUT2D eigenvalue weighted by molar-refractivity contribution is 7.89. The van der Waals surface area contributed by atoms with Gasteiger partial charge in [0.25, 0.3) is 0 Å². The predicted octanol–water partition coefficient (Wildman–Crippen LogP) is 2.02. The number of nitrogens with one attached hydrogen (secondary N) is 2. The topological polar surface area (TPSA) is 103 Å². The summed E-state index contributed by atoms with van der Waals surface area (Å²) >= 11 is 0. The molecule has 0 aliphatic rings. The molecule has 2 aromatic rings. The van der Waals surface area contributed by atoms with Gasteiger partial charge in [-0.3, -0.25) is 4.79 Å². The molecule has 27 heavy (non-hydrogen) atoms. The SMILES string of the molecule is COc1ccc(S(=O)(=O)N[C@@H](C)C(=O)Nc2ccc(OC)c(OC)c2)cc1. The van der Waals surface area contributed by atoms with E-state index in [1.165, 1.54) is 52.5 Å². The first kappa shape index (κ1) is 20.5. The molecule has 0 fully saturated rings. The van der Waals surface area contributed by atoms with Gasteiger partial charge in [-0.1, -0.05) is 0 Å². The summed E-state index contributed by atoms with van der Waals surface area (Å²) in [6.07, 6.45) is 0. The van der Waals surface area contributed by atoms with Crippen LogP contribution in [0.2, 0.25) is 0 Å². The van der Waals surface area contributed by atoms with Crippen molar-refractivity contribution in [3.63, 3.8) is 0 Å². The Morgan fingerprint density at radius 3 is 2.11 bits per heavy atom. The lowest BCUT2D eigenvalue weighted by atomic mass is 10.2. The molecule has 8 nitrogen and oxygen atoms in total. The van der Waals surface area contributed by atoms with Gasteiger partial charge in [0.1, 0.15) is 5.75 Å². The molecule has 1 amide bonds. The van der Waals surface area contributed by atoms with E-state index in [4.69, 9.17) is 14.2 Å². The highest BCUT2D eigenvalue weighted by Crippen LogP contribution is 2.29. The molecule has 0 heterocycles. The number of anilines is 1. The van der Waals surface area contributed by atoms with Crippen molar-refractivity contribution in [3.8, 4) is 17.2 Å². The molecule has 146 valence electrons. The van der Waals surface area contributed by atoms with Crippen molar-refractivity contribution in [1.82, 2.24) is 4.72 Å². The Morgan fingerprint density at radius 1 is 0.926 bits per heavy atom. The average Bonchev–Trinajstić information content (AvgIpc) is 2.67. The summed E-state index contributed by atoms with van der Waals surface area (Å²) in [5.74, 6) is 0.984. The minimum atomic E-state index is -3.86. The van der Waals surface area contributed by atoms with Crippen LogP contribution < -0.4 is 24.2 Å². The highest BCUT2D eigenvalue weighted by Gasteiger charge is 2.22. The van der Waals surface area contributed by atoms with E-state index in [0.29, 0.717) is 22.9 Å². The minimum Gasteiger partial charge on any atom is -0.497 e. The number of methoxy groups -OCH3 is 3. The van der Waals surface area contributed by atoms with Gasteiger partial charge in [0, 0.05) is 11.8 Å². The minimum absolute atomic E-state index is 0.0362. The van der Waals surface area contributed by atoms with Gasteiger partial charge in [-0.25, -0.2) is 8.42 Å². The zero-order valence-corrected chi connectivity index (χ0v) is 16.3. The molecule has 0 aliphatic heterocycles. The lowest BCUT2D eigenvalue weighted by Gasteiger charge is -2.15. The van der Waals surface area contributed by atoms with Crippen LogP contribution in [0, 0.1) is 0 Å². The lowest BCUT2D eigenvalue weighted by Crippen LogP contribution is -2.41. The van der Waals surface area contributed by atoms with Crippen molar-refractivity contribution < 1.29 is 27.4 Å². The highest BCUT2D eigenvalue weighted by atomic mass is 32.2. The fraction of sp³-hybridized carbons (Fsp3) is 0.278. The number of carbonyl (C=O) groups excluding carboxylic acids is 1. The fourth-order valence-corrected chi connectivity index (χ4v) is 3.48. The molecule has 0 spiro atoms. The van der Waals surface area contributed by atoms with Gasteiger partial charge in [-0.15, -0.1) is 0 Å². The van der Waals surface area contributed by atoms with Crippen LogP contribution >= 0.6 is 0 Å². The number of sulfonamides is 1. The Bertz CT molecular complexity index is 897. The molecule has 0 unspecified atom stereocenters.